The molecule has 0 spiro atoms. The van der Waals surface area contributed by atoms with Crippen LogP contribution in [0.4, 0.5) is 10.6 Å². The number of nitrogen functional groups attached to an aromatic ring is 1. The lowest BCUT2D eigenvalue weighted by Crippen LogP contribution is -2.38. The number of nitrogens with zero attached hydrogens (tertiary/aromatic N) is 5. The van der Waals surface area contributed by atoms with Crippen LogP contribution in [0, 0.1) is 13.8 Å². The molecule has 12 heteroatoms. The van der Waals surface area contributed by atoms with E-state index >= 15 is 0 Å². The van der Waals surface area contributed by atoms with Gasteiger partial charge in [0.05, 0.1) is 23.0 Å². The average Bonchev–Trinajstić information content (AvgIpc) is 3.24. The second-order valence-corrected chi connectivity index (χ2v) is 9.89. The molecule has 0 aliphatic carbocycles. The largest absolute Gasteiger partial charge is 0.383 e. The molecular formula is C27H22N8O3S. The molecule has 39 heavy (non-hydrogen) atoms. The average molecular weight is 539 g/mol. The maximum Gasteiger partial charge on any atom is 0.306 e. The number of aromatic nitrogens is 5. The first-order valence-corrected chi connectivity index (χ1v) is 12.8. The predicted octanol–water partition coefficient (Wildman–Crippen LogP) is 3.21. The summed E-state index contributed by atoms with van der Waals surface area (Å²) in [5.41, 5.74) is 10.3. The molecule has 1 aliphatic rings. The minimum Gasteiger partial charge on any atom is -0.383 e. The van der Waals surface area contributed by atoms with Crippen molar-refractivity contribution < 1.29 is 9.59 Å². The van der Waals surface area contributed by atoms with Gasteiger partial charge >= 0.3 is 5.24 Å². The Labute approximate surface area is 225 Å². The maximum atomic E-state index is 14.0. The number of fused-ring (bicyclic) bond motifs is 2. The van der Waals surface area contributed by atoms with Crippen LogP contribution in [-0.2, 0) is 11.3 Å². The van der Waals surface area contributed by atoms with Crippen molar-refractivity contribution in [3.8, 4) is 5.69 Å². The maximum absolute atomic E-state index is 14.0. The molecule has 2 aromatic carbocycles. The third-order valence-corrected chi connectivity index (χ3v) is 7.19. The number of amides is 2. The van der Waals surface area contributed by atoms with E-state index in [1.54, 1.807) is 9.25 Å². The molecule has 4 heterocycles. The summed E-state index contributed by atoms with van der Waals surface area (Å²) in [7, 11) is 0. The Balaban J connectivity index is 1.57. The van der Waals surface area contributed by atoms with Gasteiger partial charge in [-0.15, -0.1) is 0 Å². The van der Waals surface area contributed by atoms with Gasteiger partial charge in [0.1, 0.15) is 23.5 Å². The number of carbonyl (C=O) groups is 2. The summed E-state index contributed by atoms with van der Waals surface area (Å²) in [5.74, 6) is -0.404. The highest BCUT2D eigenvalue weighted by Gasteiger charge is 2.24. The van der Waals surface area contributed by atoms with Crippen molar-refractivity contribution in [1.82, 2.24) is 34.4 Å². The van der Waals surface area contributed by atoms with Crippen molar-refractivity contribution in [2.45, 2.75) is 20.4 Å². The molecule has 194 valence electrons. The second-order valence-electron chi connectivity index (χ2n) is 9.11. The van der Waals surface area contributed by atoms with E-state index in [0.717, 1.165) is 34.1 Å². The molecule has 1 saturated heterocycles. The smallest absolute Gasteiger partial charge is 0.306 e. The lowest BCUT2D eigenvalue weighted by atomic mass is 10.1. The molecule has 1 aliphatic heterocycles. The van der Waals surface area contributed by atoms with Crippen molar-refractivity contribution in [3.05, 3.63) is 93.4 Å². The van der Waals surface area contributed by atoms with Gasteiger partial charge in [-0.05, 0) is 48.6 Å². The summed E-state index contributed by atoms with van der Waals surface area (Å²) in [6.45, 7) is 4.06. The standard InChI is InChI=1S/C27H22N8O3S/c1-14-6-3-4-9-20(14)35-17(10-16-8-5-7-15(2)21(16)26(35)37)12-34-24-22(23(28)29-13-30-24)18(32-34)11-19-25(36)31-27(38)39-33-19/h3-11,13,33H,12H2,1-2H3,(H2,28,29,30)(H,31,36,38)/b19-11+. The van der Waals surface area contributed by atoms with E-state index in [2.05, 4.69) is 20.0 Å². The van der Waals surface area contributed by atoms with Gasteiger partial charge < -0.3 is 10.5 Å². The number of nitrogens with one attached hydrogen (secondary N) is 2. The monoisotopic (exact) mass is 538 g/mol. The summed E-state index contributed by atoms with van der Waals surface area (Å²) < 4.78 is 6.06. The van der Waals surface area contributed by atoms with Crippen molar-refractivity contribution in [3.63, 3.8) is 0 Å². The second kappa shape index (κ2) is 9.40. The summed E-state index contributed by atoms with van der Waals surface area (Å²) in [6.07, 6.45) is 2.83. The fraction of sp³-hybridized carbons (Fsp3) is 0.111. The number of nitrogens with two attached hydrogens (primary N) is 1. The Hall–Kier alpha value is -4.97. The number of hydrogen-bond acceptors (Lipinski definition) is 9. The lowest BCUT2D eigenvalue weighted by Gasteiger charge is -2.17. The van der Waals surface area contributed by atoms with E-state index in [4.69, 9.17) is 10.8 Å². The zero-order valence-electron chi connectivity index (χ0n) is 20.9. The number of hydrogen-bond donors (Lipinski definition) is 3. The molecule has 4 N–H and O–H groups in total. The molecule has 3 aromatic heterocycles. The molecule has 0 radical (unpaired) electrons. The Bertz CT molecular complexity index is 1920. The summed E-state index contributed by atoms with van der Waals surface area (Å²) in [6, 6.07) is 15.4. The highest BCUT2D eigenvalue weighted by atomic mass is 32.2. The van der Waals surface area contributed by atoms with E-state index in [1.165, 1.54) is 12.4 Å². The first-order chi connectivity index (χ1) is 18.8. The predicted molar refractivity (Wildman–Crippen MR) is 150 cm³/mol. The molecule has 0 atom stereocenters. The van der Waals surface area contributed by atoms with Gasteiger partial charge in [-0.3, -0.25) is 24.3 Å². The Morgan fingerprint density at radius 3 is 2.59 bits per heavy atom. The molecule has 0 unspecified atom stereocenters. The molecule has 2 amide bonds. The fourth-order valence-electron chi connectivity index (χ4n) is 4.77. The Morgan fingerprint density at radius 1 is 1.00 bits per heavy atom. The van der Waals surface area contributed by atoms with E-state index in [1.807, 2.05) is 62.4 Å². The van der Waals surface area contributed by atoms with Crippen LogP contribution in [0.25, 0.3) is 33.6 Å². The third kappa shape index (κ3) is 4.20. The SMILES string of the molecule is Cc1ccccc1-n1c(Cn2nc(/C=C3/NSC(=O)NC3=O)c3c(N)ncnc32)cc2cccc(C)c2c1=O. The number of rotatable bonds is 4. The number of anilines is 1. The van der Waals surface area contributed by atoms with Gasteiger partial charge in [-0.1, -0.05) is 36.4 Å². The molecule has 0 saturated carbocycles. The Kier molecular flexibility index (Phi) is 5.88. The highest BCUT2D eigenvalue weighted by Crippen LogP contribution is 2.26. The van der Waals surface area contributed by atoms with Gasteiger partial charge in [-0.25, -0.2) is 14.6 Å². The normalized spacial score (nSPS) is 14.7. The van der Waals surface area contributed by atoms with Crippen LogP contribution < -0.4 is 21.3 Å². The van der Waals surface area contributed by atoms with Crippen molar-refractivity contribution in [2.75, 3.05) is 5.73 Å². The number of para-hydroxylation sites is 1. The van der Waals surface area contributed by atoms with Gasteiger partial charge in [0.15, 0.2) is 5.65 Å². The summed E-state index contributed by atoms with van der Waals surface area (Å²) in [5, 5.41) is 8.35. The van der Waals surface area contributed by atoms with Gasteiger partial charge in [-0.2, -0.15) is 5.10 Å². The number of pyridine rings is 1. The van der Waals surface area contributed by atoms with E-state index in [0.29, 0.717) is 27.8 Å². The molecule has 11 nitrogen and oxygen atoms in total. The summed E-state index contributed by atoms with van der Waals surface area (Å²) in [4.78, 5) is 46.3. The topological polar surface area (TPSA) is 150 Å². The third-order valence-electron chi connectivity index (χ3n) is 6.58. The van der Waals surface area contributed by atoms with Crippen LogP contribution >= 0.6 is 11.9 Å². The molecule has 6 rings (SSSR count). The zero-order valence-corrected chi connectivity index (χ0v) is 21.7. The quantitative estimate of drug-likeness (QED) is 0.231. The molecule has 0 bridgehead atoms. The van der Waals surface area contributed by atoms with E-state index < -0.39 is 11.1 Å². The molecular weight excluding hydrogens is 516 g/mol. The number of benzene rings is 2. The number of imide groups is 1. The van der Waals surface area contributed by atoms with E-state index in [-0.39, 0.29) is 23.6 Å². The van der Waals surface area contributed by atoms with Crippen LogP contribution in [0.15, 0.2) is 65.3 Å². The highest BCUT2D eigenvalue weighted by molar-refractivity contribution is 8.12. The molecule has 5 aromatic rings. The van der Waals surface area contributed by atoms with Crippen molar-refractivity contribution in [1.29, 1.82) is 0 Å². The van der Waals surface area contributed by atoms with Crippen LogP contribution in [0.2, 0.25) is 0 Å². The Morgan fingerprint density at radius 2 is 1.79 bits per heavy atom. The zero-order chi connectivity index (χ0) is 27.3. The van der Waals surface area contributed by atoms with Crippen molar-refractivity contribution in [2.24, 2.45) is 0 Å². The van der Waals surface area contributed by atoms with Gasteiger partial charge in [0.25, 0.3) is 11.5 Å². The fourth-order valence-corrected chi connectivity index (χ4v) is 5.27. The lowest BCUT2D eigenvalue weighted by molar-refractivity contribution is -0.116. The minimum absolute atomic E-state index is 0.132. The minimum atomic E-state index is -0.588. The first kappa shape index (κ1) is 24.4. The van der Waals surface area contributed by atoms with Crippen LogP contribution in [0.3, 0.4) is 0 Å². The first-order valence-electron chi connectivity index (χ1n) is 12.0. The van der Waals surface area contributed by atoms with Crippen LogP contribution in [0.5, 0.6) is 0 Å². The van der Waals surface area contributed by atoms with Crippen LogP contribution in [-0.4, -0.2) is 35.5 Å². The number of carbonyl (C=O) groups excluding carboxylic acids is 2. The molecule has 1 fully saturated rings. The summed E-state index contributed by atoms with van der Waals surface area (Å²) >= 11 is 0.749. The van der Waals surface area contributed by atoms with Gasteiger partial charge in [0, 0.05) is 17.6 Å². The van der Waals surface area contributed by atoms with Crippen molar-refractivity contribution >= 4 is 56.8 Å². The van der Waals surface area contributed by atoms with Gasteiger partial charge in [0.2, 0.25) is 0 Å². The van der Waals surface area contributed by atoms with E-state index in [9.17, 15) is 14.4 Å². The van der Waals surface area contributed by atoms with Crippen LogP contribution in [0.1, 0.15) is 22.5 Å². The number of aryl methyl sites for hydroxylation is 2.